The van der Waals surface area contributed by atoms with Gasteiger partial charge in [-0.15, -0.1) is 0 Å². The first-order valence-corrected chi connectivity index (χ1v) is 5.29. The van der Waals surface area contributed by atoms with E-state index < -0.39 is 0 Å². The maximum absolute atomic E-state index is 5.80. The molecule has 1 atom stereocenters. The van der Waals surface area contributed by atoms with Crippen molar-refractivity contribution in [3.63, 3.8) is 0 Å². The molecule has 80 valence electrons. The molecule has 0 aromatic carbocycles. The van der Waals surface area contributed by atoms with Crippen LogP contribution in [0.5, 0.6) is 0 Å². The molecule has 0 radical (unpaired) electrons. The van der Waals surface area contributed by atoms with Gasteiger partial charge in [0.15, 0.2) is 11.5 Å². The highest BCUT2D eigenvalue weighted by atomic mass is 15.3. The summed E-state index contributed by atoms with van der Waals surface area (Å²) in [4.78, 5) is 4.48. The maximum atomic E-state index is 5.80. The fraction of sp³-hybridized carbons (Fsp3) is 0.455. The minimum absolute atomic E-state index is 0.151. The molecular formula is C11H16N4. The van der Waals surface area contributed by atoms with Gasteiger partial charge in [-0.1, -0.05) is 13.0 Å². The van der Waals surface area contributed by atoms with Gasteiger partial charge in [0.05, 0.1) is 0 Å². The van der Waals surface area contributed by atoms with Gasteiger partial charge in [-0.3, -0.25) is 0 Å². The highest BCUT2D eigenvalue weighted by molar-refractivity contribution is 5.47. The van der Waals surface area contributed by atoms with Gasteiger partial charge in [0.1, 0.15) is 0 Å². The van der Waals surface area contributed by atoms with Crippen molar-refractivity contribution < 1.29 is 0 Å². The molecule has 0 amide bonds. The van der Waals surface area contributed by atoms with Crippen LogP contribution < -0.4 is 5.73 Å². The molecule has 4 heteroatoms. The van der Waals surface area contributed by atoms with E-state index in [0.717, 1.165) is 24.3 Å². The Morgan fingerprint density at radius 2 is 2.33 bits per heavy atom. The lowest BCUT2D eigenvalue weighted by Gasteiger charge is -2.05. The second kappa shape index (κ2) is 3.98. The summed E-state index contributed by atoms with van der Waals surface area (Å²) in [6.07, 6.45) is 3.62. The molecule has 2 aromatic heterocycles. The number of hydrogen-bond donors (Lipinski definition) is 1. The summed E-state index contributed by atoms with van der Waals surface area (Å²) in [5, 5.41) is 4.36. The molecule has 4 nitrogen and oxygen atoms in total. The Hall–Kier alpha value is -1.42. The van der Waals surface area contributed by atoms with Gasteiger partial charge in [0.2, 0.25) is 0 Å². The van der Waals surface area contributed by atoms with E-state index in [1.165, 1.54) is 5.56 Å². The van der Waals surface area contributed by atoms with Crippen molar-refractivity contribution in [2.45, 2.75) is 32.7 Å². The molecule has 0 aliphatic carbocycles. The summed E-state index contributed by atoms with van der Waals surface area (Å²) in [6.45, 7) is 4.06. The lowest BCUT2D eigenvalue weighted by molar-refractivity contribution is 0.736. The maximum Gasteiger partial charge on any atom is 0.158 e. The summed E-state index contributed by atoms with van der Waals surface area (Å²) in [5.41, 5.74) is 7.90. The number of pyridine rings is 1. The summed E-state index contributed by atoms with van der Waals surface area (Å²) in [7, 11) is 0. The minimum Gasteiger partial charge on any atom is -0.328 e. The number of rotatable bonds is 3. The van der Waals surface area contributed by atoms with Gasteiger partial charge >= 0.3 is 0 Å². The molecule has 2 heterocycles. The van der Waals surface area contributed by atoms with Crippen LogP contribution in [0.3, 0.4) is 0 Å². The molecule has 0 aliphatic rings. The van der Waals surface area contributed by atoms with Crippen LogP contribution in [0.4, 0.5) is 0 Å². The third-order valence-corrected chi connectivity index (χ3v) is 2.35. The van der Waals surface area contributed by atoms with Gasteiger partial charge in [0, 0.05) is 18.7 Å². The van der Waals surface area contributed by atoms with Gasteiger partial charge in [-0.05, 0) is 25.0 Å². The second-order valence-electron chi connectivity index (χ2n) is 3.86. The number of nitrogens with zero attached hydrogens (tertiary/aromatic N) is 3. The van der Waals surface area contributed by atoms with Crippen molar-refractivity contribution in [1.82, 2.24) is 14.6 Å². The van der Waals surface area contributed by atoms with Crippen LogP contribution in [0.2, 0.25) is 0 Å². The number of nitrogens with two attached hydrogens (primary N) is 1. The number of fused-ring (bicyclic) bond motifs is 1. The zero-order valence-corrected chi connectivity index (χ0v) is 9.14. The lowest BCUT2D eigenvalue weighted by atomic mass is 10.1. The lowest BCUT2D eigenvalue weighted by Crippen LogP contribution is -2.18. The molecule has 0 aliphatic heterocycles. The van der Waals surface area contributed by atoms with Crippen molar-refractivity contribution in [3.05, 3.63) is 29.7 Å². The molecule has 1 unspecified atom stereocenters. The molecule has 0 saturated carbocycles. The number of aromatic nitrogens is 3. The highest BCUT2D eigenvalue weighted by Crippen LogP contribution is 2.10. The van der Waals surface area contributed by atoms with Crippen LogP contribution in [0.25, 0.3) is 5.65 Å². The van der Waals surface area contributed by atoms with Gasteiger partial charge in [0.25, 0.3) is 0 Å². The number of aryl methyl sites for hydroxylation is 1. The summed E-state index contributed by atoms with van der Waals surface area (Å²) >= 11 is 0. The van der Waals surface area contributed by atoms with Crippen molar-refractivity contribution in [2.24, 2.45) is 5.73 Å². The van der Waals surface area contributed by atoms with E-state index in [0.29, 0.717) is 0 Å². The third kappa shape index (κ3) is 1.99. The Kier molecular flexibility index (Phi) is 2.68. The summed E-state index contributed by atoms with van der Waals surface area (Å²) in [6, 6.07) is 4.20. The Bertz CT molecular complexity index is 459. The summed E-state index contributed by atoms with van der Waals surface area (Å²) in [5.74, 6) is 0.882. The Labute approximate surface area is 89.1 Å². The predicted octanol–water partition coefficient (Wildman–Crippen LogP) is 1.18. The van der Waals surface area contributed by atoms with Crippen LogP contribution in [0.1, 0.15) is 25.2 Å². The monoisotopic (exact) mass is 204 g/mol. The predicted molar refractivity (Wildman–Crippen MR) is 59.7 cm³/mol. The van der Waals surface area contributed by atoms with E-state index in [1.54, 1.807) is 0 Å². The molecule has 0 saturated heterocycles. The Morgan fingerprint density at radius 3 is 3.00 bits per heavy atom. The fourth-order valence-electron chi connectivity index (χ4n) is 1.66. The van der Waals surface area contributed by atoms with Crippen LogP contribution in [-0.4, -0.2) is 20.6 Å². The van der Waals surface area contributed by atoms with Gasteiger partial charge in [-0.25, -0.2) is 9.50 Å². The van der Waals surface area contributed by atoms with E-state index in [1.807, 2.05) is 23.7 Å². The topological polar surface area (TPSA) is 56.2 Å². The largest absolute Gasteiger partial charge is 0.328 e. The molecule has 0 spiro atoms. The van der Waals surface area contributed by atoms with E-state index in [-0.39, 0.29) is 6.04 Å². The first kappa shape index (κ1) is 10.1. The molecule has 15 heavy (non-hydrogen) atoms. The molecular weight excluding hydrogens is 188 g/mol. The van der Waals surface area contributed by atoms with Crippen molar-refractivity contribution in [1.29, 1.82) is 0 Å². The second-order valence-corrected chi connectivity index (χ2v) is 3.86. The molecule has 0 fully saturated rings. The van der Waals surface area contributed by atoms with Crippen LogP contribution in [0.15, 0.2) is 18.3 Å². The van der Waals surface area contributed by atoms with E-state index in [9.17, 15) is 0 Å². The van der Waals surface area contributed by atoms with Crippen LogP contribution >= 0.6 is 0 Å². The molecule has 2 aromatic rings. The van der Waals surface area contributed by atoms with Crippen LogP contribution in [-0.2, 0) is 12.8 Å². The van der Waals surface area contributed by atoms with E-state index in [2.05, 4.69) is 23.1 Å². The van der Waals surface area contributed by atoms with E-state index >= 15 is 0 Å². The minimum atomic E-state index is 0.151. The zero-order valence-electron chi connectivity index (χ0n) is 9.14. The highest BCUT2D eigenvalue weighted by Gasteiger charge is 2.07. The Morgan fingerprint density at radius 1 is 1.53 bits per heavy atom. The quantitative estimate of drug-likeness (QED) is 0.816. The smallest absolute Gasteiger partial charge is 0.158 e. The normalized spacial score (nSPS) is 13.3. The van der Waals surface area contributed by atoms with E-state index in [4.69, 9.17) is 5.73 Å². The van der Waals surface area contributed by atoms with Gasteiger partial charge < -0.3 is 5.73 Å². The van der Waals surface area contributed by atoms with Crippen molar-refractivity contribution >= 4 is 5.65 Å². The standard InChI is InChI=1S/C11H16N4/c1-3-10-13-11-9(7-8(2)12)5-4-6-15(11)14-10/h4-6,8H,3,7,12H2,1-2H3. The fourth-order valence-corrected chi connectivity index (χ4v) is 1.66. The van der Waals surface area contributed by atoms with Crippen LogP contribution in [0, 0.1) is 0 Å². The molecule has 0 bridgehead atoms. The first-order chi connectivity index (χ1) is 7.20. The first-order valence-electron chi connectivity index (χ1n) is 5.29. The SMILES string of the molecule is CCc1nc2c(CC(C)N)cccn2n1. The third-order valence-electron chi connectivity index (χ3n) is 2.35. The van der Waals surface area contributed by atoms with Crippen molar-refractivity contribution in [3.8, 4) is 0 Å². The zero-order chi connectivity index (χ0) is 10.8. The average molecular weight is 204 g/mol. The Balaban J connectivity index is 2.49. The molecule has 2 rings (SSSR count). The van der Waals surface area contributed by atoms with Crippen molar-refractivity contribution in [2.75, 3.05) is 0 Å². The average Bonchev–Trinajstić information content (AvgIpc) is 2.61. The number of hydrogen-bond acceptors (Lipinski definition) is 3. The van der Waals surface area contributed by atoms with Gasteiger partial charge in [-0.2, -0.15) is 5.10 Å². The molecule has 2 N–H and O–H groups in total. The summed E-state index contributed by atoms with van der Waals surface area (Å²) < 4.78 is 1.83.